The fourth-order valence-corrected chi connectivity index (χ4v) is 3.79. The van der Waals surface area contributed by atoms with Crippen LogP contribution in [0.2, 0.25) is 0 Å². The van der Waals surface area contributed by atoms with Crippen LogP contribution in [0.5, 0.6) is 5.75 Å². The Labute approximate surface area is 181 Å². The average molecular weight is 419 g/mol. The molecule has 0 saturated carbocycles. The van der Waals surface area contributed by atoms with Crippen molar-refractivity contribution >= 4 is 11.8 Å². The predicted molar refractivity (Wildman–Crippen MR) is 115 cm³/mol. The van der Waals surface area contributed by atoms with E-state index in [1.165, 1.54) is 6.39 Å². The smallest absolute Gasteiger partial charge is 0.254 e. The summed E-state index contributed by atoms with van der Waals surface area (Å²) in [4.78, 5) is 31.4. The number of carbonyl (C=O) groups excluding carboxylic acids is 2. The van der Waals surface area contributed by atoms with E-state index in [-0.39, 0.29) is 11.8 Å². The predicted octanol–water partition coefficient (Wildman–Crippen LogP) is 3.66. The first-order valence-corrected chi connectivity index (χ1v) is 10.4. The molecule has 1 aromatic heterocycles. The SMILES string of the molecule is CCOc1cccc(C(=O)N2CCCC2C(=O)NCc2ccc(-c3cnco3)cc2)c1. The van der Waals surface area contributed by atoms with E-state index in [9.17, 15) is 9.59 Å². The fourth-order valence-electron chi connectivity index (χ4n) is 3.79. The van der Waals surface area contributed by atoms with Gasteiger partial charge in [-0.3, -0.25) is 9.59 Å². The number of nitrogens with one attached hydrogen (secondary N) is 1. The zero-order valence-corrected chi connectivity index (χ0v) is 17.4. The molecule has 1 saturated heterocycles. The fraction of sp³-hybridized carbons (Fsp3) is 0.292. The van der Waals surface area contributed by atoms with Gasteiger partial charge < -0.3 is 19.4 Å². The molecule has 1 N–H and O–H groups in total. The highest BCUT2D eigenvalue weighted by Gasteiger charge is 2.34. The normalized spacial score (nSPS) is 15.6. The van der Waals surface area contributed by atoms with E-state index in [1.54, 1.807) is 29.3 Å². The molecule has 1 aliphatic heterocycles. The summed E-state index contributed by atoms with van der Waals surface area (Å²) in [6, 6.07) is 14.4. The van der Waals surface area contributed by atoms with Crippen LogP contribution < -0.4 is 10.1 Å². The molecule has 1 unspecified atom stereocenters. The second-order valence-electron chi connectivity index (χ2n) is 7.40. The lowest BCUT2D eigenvalue weighted by molar-refractivity contribution is -0.125. The number of nitrogens with zero attached hydrogens (tertiary/aromatic N) is 2. The number of carbonyl (C=O) groups is 2. The van der Waals surface area contributed by atoms with Gasteiger partial charge in [0.25, 0.3) is 5.91 Å². The van der Waals surface area contributed by atoms with Crippen LogP contribution in [-0.2, 0) is 11.3 Å². The lowest BCUT2D eigenvalue weighted by atomic mass is 10.1. The highest BCUT2D eigenvalue weighted by molar-refractivity contribution is 5.98. The lowest BCUT2D eigenvalue weighted by Gasteiger charge is -2.24. The zero-order chi connectivity index (χ0) is 21.6. The summed E-state index contributed by atoms with van der Waals surface area (Å²) in [5.41, 5.74) is 2.43. The first-order valence-electron chi connectivity index (χ1n) is 10.4. The van der Waals surface area contributed by atoms with Crippen LogP contribution >= 0.6 is 0 Å². The van der Waals surface area contributed by atoms with Gasteiger partial charge in [0.1, 0.15) is 11.8 Å². The van der Waals surface area contributed by atoms with Crippen molar-refractivity contribution in [3.63, 3.8) is 0 Å². The van der Waals surface area contributed by atoms with Gasteiger partial charge in [-0.2, -0.15) is 0 Å². The van der Waals surface area contributed by atoms with Gasteiger partial charge in [0.2, 0.25) is 5.91 Å². The van der Waals surface area contributed by atoms with E-state index in [2.05, 4.69) is 10.3 Å². The summed E-state index contributed by atoms with van der Waals surface area (Å²) in [5.74, 6) is 1.08. The molecule has 7 heteroatoms. The minimum Gasteiger partial charge on any atom is -0.494 e. The quantitative estimate of drug-likeness (QED) is 0.632. The second kappa shape index (κ2) is 9.47. The molecule has 2 aromatic carbocycles. The van der Waals surface area contributed by atoms with Crippen molar-refractivity contribution in [1.29, 1.82) is 0 Å². The van der Waals surface area contributed by atoms with Crippen LogP contribution in [0.15, 0.2) is 65.5 Å². The molecule has 7 nitrogen and oxygen atoms in total. The maximum absolute atomic E-state index is 13.0. The number of hydrogen-bond donors (Lipinski definition) is 1. The molecule has 2 heterocycles. The first-order chi connectivity index (χ1) is 15.2. The van der Waals surface area contributed by atoms with Gasteiger partial charge in [-0.25, -0.2) is 4.98 Å². The standard InChI is InChI=1S/C24H25N3O4/c1-2-30-20-6-3-5-19(13-20)24(29)27-12-4-7-21(27)23(28)26-14-17-8-10-18(11-9-17)22-15-25-16-31-22/h3,5-6,8-11,13,15-16,21H,2,4,7,12,14H2,1H3,(H,26,28). The number of oxazole rings is 1. The molecular formula is C24H25N3O4. The largest absolute Gasteiger partial charge is 0.494 e. The Morgan fingerprint density at radius 1 is 1.23 bits per heavy atom. The Bertz CT molecular complexity index is 1030. The van der Waals surface area contributed by atoms with Crippen LogP contribution in [0.4, 0.5) is 0 Å². The van der Waals surface area contributed by atoms with Crippen LogP contribution in [-0.4, -0.2) is 40.9 Å². The molecule has 2 amide bonds. The highest BCUT2D eigenvalue weighted by Crippen LogP contribution is 2.23. The molecule has 1 atom stereocenters. The zero-order valence-electron chi connectivity index (χ0n) is 17.4. The summed E-state index contributed by atoms with van der Waals surface area (Å²) in [6.07, 6.45) is 4.52. The van der Waals surface area contributed by atoms with E-state index in [4.69, 9.17) is 9.15 Å². The molecule has 31 heavy (non-hydrogen) atoms. The molecule has 0 radical (unpaired) electrons. The van der Waals surface area contributed by atoms with Crippen molar-refractivity contribution in [3.05, 3.63) is 72.2 Å². The lowest BCUT2D eigenvalue weighted by Crippen LogP contribution is -2.45. The number of benzene rings is 2. The highest BCUT2D eigenvalue weighted by atomic mass is 16.5. The van der Waals surface area contributed by atoms with Crippen LogP contribution in [0.3, 0.4) is 0 Å². The molecule has 160 valence electrons. The number of likely N-dealkylation sites (tertiary alicyclic amines) is 1. The third kappa shape index (κ3) is 4.77. The summed E-state index contributed by atoms with van der Waals surface area (Å²) in [7, 11) is 0. The second-order valence-corrected chi connectivity index (χ2v) is 7.40. The monoisotopic (exact) mass is 419 g/mol. The van der Waals surface area contributed by atoms with Gasteiger partial charge in [-0.05, 0) is 43.5 Å². The van der Waals surface area contributed by atoms with E-state index in [1.807, 2.05) is 37.3 Å². The van der Waals surface area contributed by atoms with Crippen molar-refractivity contribution in [2.45, 2.75) is 32.4 Å². The summed E-state index contributed by atoms with van der Waals surface area (Å²) in [5, 5.41) is 2.97. The van der Waals surface area contributed by atoms with Crippen LogP contribution in [0, 0.1) is 0 Å². The third-order valence-corrected chi connectivity index (χ3v) is 5.35. The Balaban J connectivity index is 1.37. The summed E-state index contributed by atoms with van der Waals surface area (Å²) in [6.45, 7) is 3.40. The molecular weight excluding hydrogens is 394 g/mol. The molecule has 4 rings (SSSR count). The number of ether oxygens (including phenoxy) is 1. The van der Waals surface area contributed by atoms with Crippen molar-refractivity contribution in [2.75, 3.05) is 13.2 Å². The summed E-state index contributed by atoms with van der Waals surface area (Å²) < 4.78 is 10.8. The van der Waals surface area contributed by atoms with E-state index >= 15 is 0 Å². The van der Waals surface area contributed by atoms with Crippen molar-refractivity contribution in [3.8, 4) is 17.1 Å². The average Bonchev–Trinajstić information content (AvgIpc) is 3.50. The molecule has 0 spiro atoms. The van der Waals surface area contributed by atoms with E-state index in [0.717, 1.165) is 17.5 Å². The number of aromatic nitrogens is 1. The third-order valence-electron chi connectivity index (χ3n) is 5.35. The molecule has 0 bridgehead atoms. The Morgan fingerprint density at radius 3 is 2.81 bits per heavy atom. The number of rotatable bonds is 7. The topological polar surface area (TPSA) is 84.7 Å². The minimum atomic E-state index is -0.461. The number of hydrogen-bond acceptors (Lipinski definition) is 5. The Morgan fingerprint density at radius 2 is 2.06 bits per heavy atom. The van der Waals surface area contributed by atoms with Crippen LogP contribution in [0.25, 0.3) is 11.3 Å². The van der Waals surface area contributed by atoms with Gasteiger partial charge >= 0.3 is 0 Å². The maximum atomic E-state index is 13.0. The molecule has 0 aliphatic carbocycles. The first kappa shape index (κ1) is 20.7. The van der Waals surface area contributed by atoms with Gasteiger partial charge in [0.15, 0.2) is 12.2 Å². The minimum absolute atomic E-state index is 0.133. The van der Waals surface area contributed by atoms with Gasteiger partial charge in [-0.1, -0.05) is 30.3 Å². The van der Waals surface area contributed by atoms with Gasteiger partial charge in [0.05, 0.1) is 12.8 Å². The Kier molecular flexibility index (Phi) is 6.31. The van der Waals surface area contributed by atoms with Gasteiger partial charge in [0, 0.05) is 24.2 Å². The number of amides is 2. The van der Waals surface area contributed by atoms with Gasteiger partial charge in [-0.15, -0.1) is 0 Å². The van der Waals surface area contributed by atoms with Crippen molar-refractivity contribution in [2.24, 2.45) is 0 Å². The maximum Gasteiger partial charge on any atom is 0.254 e. The van der Waals surface area contributed by atoms with E-state index < -0.39 is 6.04 Å². The molecule has 3 aromatic rings. The van der Waals surface area contributed by atoms with E-state index in [0.29, 0.717) is 43.2 Å². The van der Waals surface area contributed by atoms with Crippen LogP contribution in [0.1, 0.15) is 35.7 Å². The summed E-state index contributed by atoms with van der Waals surface area (Å²) >= 11 is 0. The molecule has 1 fully saturated rings. The molecule has 1 aliphatic rings. The van der Waals surface area contributed by atoms with Crippen molar-refractivity contribution < 1.29 is 18.7 Å². The van der Waals surface area contributed by atoms with Crippen molar-refractivity contribution in [1.82, 2.24) is 15.2 Å². The Hall–Kier alpha value is -3.61.